The van der Waals surface area contributed by atoms with Crippen LogP contribution < -0.4 is 5.73 Å². The molecule has 1 heterocycles. The summed E-state index contributed by atoms with van der Waals surface area (Å²) in [5.74, 6) is 0. The Morgan fingerprint density at radius 2 is 1.74 bits per heavy atom. The van der Waals surface area contributed by atoms with Gasteiger partial charge in [-0.25, -0.2) is 0 Å². The van der Waals surface area contributed by atoms with Crippen LogP contribution in [0.3, 0.4) is 0 Å². The first-order chi connectivity index (χ1) is 8.93. The monoisotopic (exact) mass is 257 g/mol. The molecule has 2 aromatic rings. The molecule has 19 heavy (non-hydrogen) atoms. The molecule has 0 bridgehead atoms. The minimum atomic E-state index is -0.0945. The molecular formula is C16H23N3. The molecule has 1 aromatic heterocycles. The Morgan fingerprint density at radius 3 is 2.37 bits per heavy atom. The standard InChI is InChI=1S/C16H23N3/c1-6-15-14(9-19(5)18-15)16(17)13-8-11(3)10(2)7-12(13)4/h7-9,16H,6,17H2,1-5H3. The van der Waals surface area contributed by atoms with Gasteiger partial charge in [-0.3, -0.25) is 4.68 Å². The maximum absolute atomic E-state index is 6.47. The third-order valence-corrected chi connectivity index (χ3v) is 3.82. The maximum atomic E-state index is 6.47. The second-order valence-electron chi connectivity index (χ2n) is 5.33. The molecule has 0 radical (unpaired) electrons. The minimum Gasteiger partial charge on any atom is -0.320 e. The van der Waals surface area contributed by atoms with Crippen molar-refractivity contribution in [2.75, 3.05) is 0 Å². The predicted octanol–water partition coefficient (Wildman–Crippen LogP) is 2.96. The zero-order valence-corrected chi connectivity index (χ0v) is 12.5. The summed E-state index contributed by atoms with van der Waals surface area (Å²) in [6.45, 7) is 8.52. The Hall–Kier alpha value is -1.61. The van der Waals surface area contributed by atoms with Crippen LogP contribution in [0.15, 0.2) is 18.3 Å². The molecule has 0 amide bonds. The summed E-state index contributed by atoms with van der Waals surface area (Å²) in [6.07, 6.45) is 2.95. The predicted molar refractivity (Wildman–Crippen MR) is 79.3 cm³/mol. The summed E-state index contributed by atoms with van der Waals surface area (Å²) in [5, 5.41) is 4.48. The molecule has 2 rings (SSSR count). The van der Waals surface area contributed by atoms with Gasteiger partial charge in [-0.1, -0.05) is 19.1 Å². The summed E-state index contributed by atoms with van der Waals surface area (Å²) in [5.41, 5.74) is 13.8. The van der Waals surface area contributed by atoms with Crippen LogP contribution >= 0.6 is 0 Å². The van der Waals surface area contributed by atoms with Crippen LogP contribution in [0.2, 0.25) is 0 Å². The number of hydrogen-bond donors (Lipinski definition) is 1. The highest BCUT2D eigenvalue weighted by Gasteiger charge is 2.18. The molecule has 0 saturated heterocycles. The molecule has 0 fully saturated rings. The molecule has 0 aliphatic carbocycles. The first-order valence-electron chi connectivity index (χ1n) is 6.79. The fraction of sp³-hybridized carbons (Fsp3) is 0.438. The van der Waals surface area contributed by atoms with Crippen molar-refractivity contribution in [1.82, 2.24) is 9.78 Å². The molecule has 1 unspecified atom stereocenters. The van der Waals surface area contributed by atoms with E-state index < -0.39 is 0 Å². The molecule has 2 N–H and O–H groups in total. The first-order valence-corrected chi connectivity index (χ1v) is 6.79. The molecule has 0 aliphatic rings. The van der Waals surface area contributed by atoms with Crippen molar-refractivity contribution >= 4 is 0 Å². The molecule has 102 valence electrons. The van der Waals surface area contributed by atoms with E-state index in [1.165, 1.54) is 22.3 Å². The number of rotatable bonds is 3. The third kappa shape index (κ3) is 2.56. The SMILES string of the molecule is CCc1nn(C)cc1C(N)c1cc(C)c(C)cc1C. The van der Waals surface area contributed by atoms with Crippen molar-refractivity contribution in [2.24, 2.45) is 12.8 Å². The fourth-order valence-corrected chi connectivity index (χ4v) is 2.57. The van der Waals surface area contributed by atoms with E-state index in [4.69, 9.17) is 5.73 Å². The topological polar surface area (TPSA) is 43.8 Å². The van der Waals surface area contributed by atoms with Crippen molar-refractivity contribution in [1.29, 1.82) is 0 Å². The number of nitrogens with two attached hydrogens (primary N) is 1. The molecule has 0 spiro atoms. The zero-order valence-electron chi connectivity index (χ0n) is 12.5. The number of benzene rings is 1. The largest absolute Gasteiger partial charge is 0.320 e. The van der Waals surface area contributed by atoms with Gasteiger partial charge in [0.15, 0.2) is 0 Å². The average Bonchev–Trinajstić information content (AvgIpc) is 2.74. The van der Waals surface area contributed by atoms with E-state index in [-0.39, 0.29) is 6.04 Å². The highest BCUT2D eigenvalue weighted by molar-refractivity contribution is 5.42. The number of hydrogen-bond acceptors (Lipinski definition) is 2. The van der Waals surface area contributed by atoms with Gasteiger partial charge in [0.25, 0.3) is 0 Å². The lowest BCUT2D eigenvalue weighted by Crippen LogP contribution is -2.15. The molecule has 0 aliphatic heterocycles. The van der Waals surface area contributed by atoms with E-state index in [0.717, 1.165) is 17.7 Å². The summed E-state index contributed by atoms with van der Waals surface area (Å²) >= 11 is 0. The normalized spacial score (nSPS) is 12.7. The van der Waals surface area contributed by atoms with Gasteiger partial charge in [-0.15, -0.1) is 0 Å². The summed E-state index contributed by atoms with van der Waals surface area (Å²) in [6, 6.07) is 4.33. The van der Waals surface area contributed by atoms with Crippen LogP contribution in [0, 0.1) is 20.8 Å². The Labute approximate surface area is 115 Å². The van der Waals surface area contributed by atoms with Crippen LogP contribution in [0.4, 0.5) is 0 Å². The van der Waals surface area contributed by atoms with Crippen molar-refractivity contribution in [3.63, 3.8) is 0 Å². The van der Waals surface area contributed by atoms with E-state index in [1.807, 2.05) is 17.9 Å². The Balaban J connectivity index is 2.49. The Bertz CT molecular complexity index is 596. The van der Waals surface area contributed by atoms with E-state index in [0.29, 0.717) is 0 Å². The molecule has 1 aromatic carbocycles. The first kappa shape index (κ1) is 13.8. The highest BCUT2D eigenvalue weighted by Crippen LogP contribution is 2.27. The smallest absolute Gasteiger partial charge is 0.0672 e. The maximum Gasteiger partial charge on any atom is 0.0672 e. The molecule has 3 nitrogen and oxygen atoms in total. The van der Waals surface area contributed by atoms with Crippen LogP contribution in [-0.2, 0) is 13.5 Å². The van der Waals surface area contributed by atoms with Gasteiger partial charge in [0.2, 0.25) is 0 Å². The lowest BCUT2D eigenvalue weighted by molar-refractivity contribution is 0.746. The van der Waals surface area contributed by atoms with Gasteiger partial charge in [0.05, 0.1) is 11.7 Å². The van der Waals surface area contributed by atoms with E-state index >= 15 is 0 Å². The van der Waals surface area contributed by atoms with E-state index in [9.17, 15) is 0 Å². The summed E-state index contributed by atoms with van der Waals surface area (Å²) < 4.78 is 1.85. The van der Waals surface area contributed by atoms with E-state index in [1.54, 1.807) is 0 Å². The van der Waals surface area contributed by atoms with Crippen molar-refractivity contribution < 1.29 is 0 Å². The Morgan fingerprint density at radius 1 is 1.11 bits per heavy atom. The zero-order chi connectivity index (χ0) is 14.2. The van der Waals surface area contributed by atoms with Gasteiger partial charge >= 0.3 is 0 Å². The second kappa shape index (κ2) is 5.17. The molecule has 1 atom stereocenters. The van der Waals surface area contributed by atoms with Gasteiger partial charge in [-0.05, 0) is 49.4 Å². The number of nitrogens with zero attached hydrogens (tertiary/aromatic N) is 2. The molecule has 0 saturated carbocycles. The lowest BCUT2D eigenvalue weighted by atomic mass is 9.92. The van der Waals surface area contributed by atoms with Gasteiger partial charge in [0, 0.05) is 18.8 Å². The van der Waals surface area contributed by atoms with Crippen LogP contribution in [0.1, 0.15) is 46.5 Å². The van der Waals surface area contributed by atoms with Crippen molar-refractivity contribution in [2.45, 2.75) is 40.2 Å². The Kier molecular flexibility index (Phi) is 3.76. The van der Waals surface area contributed by atoms with Crippen molar-refractivity contribution in [3.05, 3.63) is 51.8 Å². The summed E-state index contributed by atoms with van der Waals surface area (Å²) in [4.78, 5) is 0. The minimum absolute atomic E-state index is 0.0945. The quantitative estimate of drug-likeness (QED) is 0.918. The molecule has 3 heteroatoms. The fourth-order valence-electron chi connectivity index (χ4n) is 2.57. The number of aromatic nitrogens is 2. The van der Waals surface area contributed by atoms with Gasteiger partial charge in [-0.2, -0.15) is 5.10 Å². The van der Waals surface area contributed by atoms with Gasteiger partial charge < -0.3 is 5.73 Å². The highest BCUT2D eigenvalue weighted by atomic mass is 15.3. The van der Waals surface area contributed by atoms with Gasteiger partial charge in [0.1, 0.15) is 0 Å². The summed E-state index contributed by atoms with van der Waals surface area (Å²) in [7, 11) is 1.95. The lowest BCUT2D eigenvalue weighted by Gasteiger charge is -2.17. The molecular weight excluding hydrogens is 234 g/mol. The second-order valence-corrected chi connectivity index (χ2v) is 5.33. The third-order valence-electron chi connectivity index (χ3n) is 3.82. The average molecular weight is 257 g/mol. The number of aryl methyl sites for hydroxylation is 5. The van der Waals surface area contributed by atoms with Crippen molar-refractivity contribution in [3.8, 4) is 0 Å². The van der Waals surface area contributed by atoms with Crippen LogP contribution in [-0.4, -0.2) is 9.78 Å². The van der Waals surface area contributed by atoms with E-state index in [2.05, 4.69) is 44.9 Å². The van der Waals surface area contributed by atoms with Crippen LogP contribution in [0.5, 0.6) is 0 Å². The van der Waals surface area contributed by atoms with Crippen LogP contribution in [0.25, 0.3) is 0 Å².